The summed E-state index contributed by atoms with van der Waals surface area (Å²) in [6.45, 7) is 2.31. The number of rotatable bonds is 5. The Morgan fingerprint density at radius 3 is 2.36 bits per heavy atom. The number of barbiturate groups is 1. The Morgan fingerprint density at radius 1 is 0.889 bits per heavy atom. The van der Waals surface area contributed by atoms with Gasteiger partial charge in [-0.2, -0.15) is 0 Å². The van der Waals surface area contributed by atoms with E-state index in [1.54, 1.807) is 6.07 Å². The third kappa shape index (κ3) is 4.42. The van der Waals surface area contributed by atoms with Crippen molar-refractivity contribution in [1.29, 1.82) is 0 Å². The van der Waals surface area contributed by atoms with Crippen molar-refractivity contribution in [2.24, 2.45) is 0 Å². The van der Waals surface area contributed by atoms with Gasteiger partial charge in [0.1, 0.15) is 23.7 Å². The predicted molar refractivity (Wildman–Crippen MR) is 137 cm³/mol. The molecule has 0 bridgehead atoms. The van der Waals surface area contributed by atoms with Crippen molar-refractivity contribution in [2.45, 2.75) is 13.5 Å². The molecule has 1 aliphatic heterocycles. The van der Waals surface area contributed by atoms with Gasteiger partial charge < -0.3 is 9.84 Å². The normalized spacial score (nSPS) is 14.9. The van der Waals surface area contributed by atoms with Crippen LogP contribution in [0.4, 0.5) is 10.5 Å². The number of hydrogen-bond acceptors (Lipinski definition) is 5. The molecule has 36 heavy (non-hydrogen) atoms. The van der Waals surface area contributed by atoms with E-state index in [0.29, 0.717) is 17.9 Å². The second-order valence-corrected chi connectivity index (χ2v) is 8.45. The summed E-state index contributed by atoms with van der Waals surface area (Å²) in [4.78, 5) is 39.5. The van der Waals surface area contributed by atoms with E-state index in [4.69, 9.17) is 4.74 Å². The Labute approximate surface area is 207 Å². The molecular weight excluding hydrogens is 456 g/mol. The Bertz CT molecular complexity index is 1520. The molecule has 0 radical (unpaired) electrons. The second kappa shape index (κ2) is 9.38. The molecule has 1 aliphatic rings. The summed E-state index contributed by atoms with van der Waals surface area (Å²) < 4.78 is 6.13. The van der Waals surface area contributed by atoms with E-state index < -0.39 is 17.8 Å². The van der Waals surface area contributed by atoms with Gasteiger partial charge in [-0.3, -0.25) is 14.9 Å². The van der Waals surface area contributed by atoms with Crippen LogP contribution in [0.5, 0.6) is 11.5 Å². The van der Waals surface area contributed by atoms with Crippen molar-refractivity contribution >= 4 is 40.4 Å². The number of anilines is 1. The quantitative estimate of drug-likeness (QED) is 0.307. The lowest BCUT2D eigenvalue weighted by atomic mass is 9.99. The molecule has 0 atom stereocenters. The lowest BCUT2D eigenvalue weighted by molar-refractivity contribution is -0.122. The van der Waals surface area contributed by atoms with E-state index in [9.17, 15) is 19.5 Å². The Morgan fingerprint density at radius 2 is 1.61 bits per heavy atom. The number of benzene rings is 4. The highest BCUT2D eigenvalue weighted by molar-refractivity contribution is 6.39. The molecular formula is C29H22N2O5. The zero-order chi connectivity index (χ0) is 25.2. The number of urea groups is 1. The average Bonchev–Trinajstić information content (AvgIpc) is 2.87. The number of nitrogens with zero attached hydrogens (tertiary/aromatic N) is 1. The van der Waals surface area contributed by atoms with Crippen LogP contribution in [-0.4, -0.2) is 23.0 Å². The minimum Gasteiger partial charge on any atom is -0.508 e. The molecule has 2 N–H and O–H groups in total. The van der Waals surface area contributed by atoms with Crippen molar-refractivity contribution in [3.8, 4) is 11.5 Å². The van der Waals surface area contributed by atoms with Crippen molar-refractivity contribution < 1.29 is 24.2 Å². The molecule has 1 fully saturated rings. The smallest absolute Gasteiger partial charge is 0.335 e. The summed E-state index contributed by atoms with van der Waals surface area (Å²) in [5.41, 5.74) is 2.69. The minimum atomic E-state index is -0.860. The standard InChI is InChI=1S/C29H22N2O5/c1-18-6-8-19(9-7-18)17-36-26-15-10-20-4-2-3-5-23(20)24(26)16-25-27(33)30-29(35)31(28(25)34)21-11-13-22(32)14-12-21/h2-16,32H,17H2,1H3,(H,30,33,35)/b25-16+. The molecule has 4 aromatic carbocycles. The number of carbonyl (C=O) groups is 3. The minimum absolute atomic E-state index is 0.0124. The number of ether oxygens (including phenoxy) is 1. The molecule has 0 unspecified atom stereocenters. The number of phenols is 1. The molecule has 0 aliphatic carbocycles. The van der Waals surface area contributed by atoms with Crippen LogP contribution in [-0.2, 0) is 16.2 Å². The van der Waals surface area contributed by atoms with Crippen LogP contribution in [0.15, 0.2) is 90.5 Å². The number of fused-ring (bicyclic) bond motifs is 1. The molecule has 1 heterocycles. The van der Waals surface area contributed by atoms with E-state index in [2.05, 4.69) is 5.32 Å². The molecule has 4 aromatic rings. The average molecular weight is 479 g/mol. The maximum atomic E-state index is 13.4. The summed E-state index contributed by atoms with van der Waals surface area (Å²) in [6.07, 6.45) is 1.46. The van der Waals surface area contributed by atoms with Crippen LogP contribution < -0.4 is 15.0 Å². The lowest BCUT2D eigenvalue weighted by Gasteiger charge is -2.26. The van der Waals surface area contributed by atoms with Crippen molar-refractivity contribution in [3.63, 3.8) is 0 Å². The highest BCUT2D eigenvalue weighted by atomic mass is 16.5. The first-order valence-electron chi connectivity index (χ1n) is 11.3. The fourth-order valence-corrected chi connectivity index (χ4v) is 4.03. The number of nitrogens with one attached hydrogen (secondary N) is 1. The number of aromatic hydroxyl groups is 1. The van der Waals surface area contributed by atoms with Crippen molar-refractivity contribution in [1.82, 2.24) is 5.32 Å². The van der Waals surface area contributed by atoms with Crippen LogP contribution in [0.1, 0.15) is 16.7 Å². The largest absolute Gasteiger partial charge is 0.508 e. The second-order valence-electron chi connectivity index (χ2n) is 8.45. The molecule has 178 valence electrons. The number of carbonyl (C=O) groups excluding carboxylic acids is 3. The van der Waals surface area contributed by atoms with Crippen LogP contribution >= 0.6 is 0 Å². The van der Waals surface area contributed by atoms with Gasteiger partial charge in [-0.05, 0) is 59.7 Å². The Balaban J connectivity index is 1.57. The van der Waals surface area contributed by atoms with Gasteiger partial charge in [0.15, 0.2) is 0 Å². The van der Waals surface area contributed by atoms with Crippen LogP contribution in [0, 0.1) is 6.92 Å². The highest BCUT2D eigenvalue weighted by Crippen LogP contribution is 2.32. The van der Waals surface area contributed by atoms with Gasteiger partial charge in [0.25, 0.3) is 11.8 Å². The predicted octanol–water partition coefficient (Wildman–Crippen LogP) is 5.10. The summed E-state index contributed by atoms with van der Waals surface area (Å²) in [5, 5.41) is 13.5. The zero-order valence-electron chi connectivity index (χ0n) is 19.4. The van der Waals surface area contributed by atoms with Gasteiger partial charge >= 0.3 is 6.03 Å². The summed E-state index contributed by atoms with van der Waals surface area (Å²) in [5.74, 6) is -1.08. The van der Waals surface area contributed by atoms with Gasteiger partial charge in [0.05, 0.1) is 5.69 Å². The van der Waals surface area contributed by atoms with Gasteiger partial charge in [-0.25, -0.2) is 9.69 Å². The third-order valence-corrected chi connectivity index (χ3v) is 5.94. The monoisotopic (exact) mass is 478 g/mol. The number of imide groups is 2. The molecule has 7 nitrogen and oxygen atoms in total. The van der Waals surface area contributed by atoms with E-state index in [-0.39, 0.29) is 17.0 Å². The Kier molecular flexibility index (Phi) is 5.96. The van der Waals surface area contributed by atoms with Gasteiger partial charge in [-0.15, -0.1) is 0 Å². The fourth-order valence-electron chi connectivity index (χ4n) is 4.03. The summed E-state index contributed by atoms with van der Waals surface area (Å²) >= 11 is 0. The lowest BCUT2D eigenvalue weighted by Crippen LogP contribution is -2.54. The van der Waals surface area contributed by atoms with Crippen LogP contribution in [0.25, 0.3) is 16.8 Å². The molecule has 0 spiro atoms. The number of aryl methyl sites for hydroxylation is 1. The van der Waals surface area contributed by atoms with E-state index in [0.717, 1.165) is 26.8 Å². The highest BCUT2D eigenvalue weighted by Gasteiger charge is 2.37. The molecule has 7 heteroatoms. The molecule has 4 amide bonds. The molecule has 0 aromatic heterocycles. The fraction of sp³-hybridized carbons (Fsp3) is 0.0690. The van der Waals surface area contributed by atoms with E-state index >= 15 is 0 Å². The van der Waals surface area contributed by atoms with Gasteiger partial charge in [-0.1, -0.05) is 60.2 Å². The number of amides is 4. The topological polar surface area (TPSA) is 95.9 Å². The molecule has 0 saturated carbocycles. The maximum absolute atomic E-state index is 13.4. The van der Waals surface area contributed by atoms with Gasteiger partial charge in [0.2, 0.25) is 0 Å². The Hall–Kier alpha value is -4.91. The van der Waals surface area contributed by atoms with Crippen molar-refractivity contribution in [2.75, 3.05) is 4.90 Å². The summed E-state index contributed by atoms with van der Waals surface area (Å²) in [6, 6.07) is 24.0. The first-order valence-corrected chi connectivity index (χ1v) is 11.3. The van der Waals surface area contributed by atoms with E-state index in [1.165, 1.54) is 30.3 Å². The first-order chi connectivity index (χ1) is 17.4. The SMILES string of the molecule is Cc1ccc(COc2ccc3ccccc3c2/C=C2\C(=O)NC(=O)N(c3ccc(O)cc3)C2=O)cc1. The third-order valence-electron chi connectivity index (χ3n) is 5.94. The van der Waals surface area contributed by atoms with Crippen LogP contribution in [0.2, 0.25) is 0 Å². The van der Waals surface area contributed by atoms with Crippen molar-refractivity contribution in [3.05, 3.63) is 107 Å². The molecule has 5 rings (SSSR count). The number of hydrogen-bond donors (Lipinski definition) is 2. The van der Waals surface area contributed by atoms with Gasteiger partial charge in [0, 0.05) is 5.56 Å². The maximum Gasteiger partial charge on any atom is 0.335 e. The number of phenolic OH excluding ortho intramolecular Hbond substituents is 1. The molecule has 1 saturated heterocycles. The van der Waals surface area contributed by atoms with Crippen LogP contribution in [0.3, 0.4) is 0 Å². The zero-order valence-corrected chi connectivity index (χ0v) is 19.4. The van der Waals surface area contributed by atoms with E-state index in [1.807, 2.05) is 61.5 Å². The first kappa shape index (κ1) is 22.9. The summed E-state index contributed by atoms with van der Waals surface area (Å²) in [7, 11) is 0.